The number of phenolic OH excluding ortho intramolecular Hbond substituents is 1. The Labute approximate surface area is 112 Å². The number of carbonyl (C=O) groups is 2. The van der Waals surface area contributed by atoms with Gasteiger partial charge < -0.3 is 15.1 Å². The summed E-state index contributed by atoms with van der Waals surface area (Å²) < 4.78 is 0. The Balaban J connectivity index is 2.82. The number of phenols is 1. The van der Waals surface area contributed by atoms with E-state index in [1.807, 2.05) is 13.8 Å². The Hall–Kier alpha value is -2.04. The summed E-state index contributed by atoms with van der Waals surface area (Å²) in [5.41, 5.74) is 0.506. The molecule has 5 heteroatoms. The van der Waals surface area contributed by atoms with Crippen molar-refractivity contribution in [1.82, 2.24) is 4.90 Å². The largest absolute Gasteiger partial charge is 0.508 e. The monoisotopic (exact) mass is 265 g/mol. The Morgan fingerprint density at radius 3 is 2.47 bits per heavy atom. The normalized spacial score (nSPS) is 11.9. The van der Waals surface area contributed by atoms with Crippen LogP contribution in [0.4, 0.5) is 0 Å². The van der Waals surface area contributed by atoms with Crippen molar-refractivity contribution < 1.29 is 19.8 Å². The Kier molecular flexibility index (Phi) is 5.36. The second kappa shape index (κ2) is 6.78. The lowest BCUT2D eigenvalue weighted by Crippen LogP contribution is -2.42. The van der Waals surface area contributed by atoms with Crippen molar-refractivity contribution in [2.45, 2.75) is 32.7 Å². The Morgan fingerprint density at radius 1 is 1.32 bits per heavy atom. The van der Waals surface area contributed by atoms with E-state index in [1.54, 1.807) is 18.2 Å². The first-order valence-corrected chi connectivity index (χ1v) is 6.23. The van der Waals surface area contributed by atoms with Gasteiger partial charge in [0.15, 0.2) is 0 Å². The van der Waals surface area contributed by atoms with Crippen molar-refractivity contribution >= 4 is 11.9 Å². The van der Waals surface area contributed by atoms with Crippen LogP contribution in [0.1, 0.15) is 25.8 Å². The summed E-state index contributed by atoms with van der Waals surface area (Å²) in [6.45, 7) is 3.39. The molecule has 2 N–H and O–H groups in total. The zero-order valence-electron chi connectivity index (χ0n) is 11.2. The molecule has 0 aromatic heterocycles. The van der Waals surface area contributed by atoms with Gasteiger partial charge in [0.25, 0.3) is 0 Å². The van der Waals surface area contributed by atoms with E-state index in [1.165, 1.54) is 11.0 Å². The number of hydrogen-bond acceptors (Lipinski definition) is 3. The summed E-state index contributed by atoms with van der Waals surface area (Å²) in [4.78, 5) is 24.3. The molecule has 0 heterocycles. The number of aliphatic carboxylic acids is 1. The van der Waals surface area contributed by atoms with Crippen LogP contribution in [-0.2, 0) is 16.0 Å². The molecular weight excluding hydrogens is 246 g/mol. The average Bonchev–Trinajstić information content (AvgIpc) is 2.37. The van der Waals surface area contributed by atoms with Gasteiger partial charge in [-0.2, -0.15) is 0 Å². The Bertz CT molecular complexity index is 459. The fraction of sp³-hybridized carbons (Fsp3) is 0.429. The topological polar surface area (TPSA) is 77.8 Å². The second-order valence-corrected chi connectivity index (χ2v) is 4.48. The van der Waals surface area contributed by atoms with Gasteiger partial charge in [0.2, 0.25) is 5.91 Å². The van der Waals surface area contributed by atoms with Crippen LogP contribution < -0.4 is 0 Å². The van der Waals surface area contributed by atoms with Gasteiger partial charge in [0, 0.05) is 11.6 Å². The van der Waals surface area contributed by atoms with Gasteiger partial charge in [-0.25, -0.2) is 0 Å². The SMILES string of the molecule is CCC(C)N(CC(=O)O)C(=O)Cc1ccccc1O. The summed E-state index contributed by atoms with van der Waals surface area (Å²) in [5.74, 6) is -1.28. The lowest BCUT2D eigenvalue weighted by atomic mass is 10.1. The first-order valence-electron chi connectivity index (χ1n) is 6.23. The quantitative estimate of drug-likeness (QED) is 0.819. The Morgan fingerprint density at radius 2 is 1.95 bits per heavy atom. The molecule has 0 aliphatic carbocycles. The summed E-state index contributed by atoms with van der Waals surface area (Å²) >= 11 is 0. The van der Waals surface area contributed by atoms with Crippen LogP contribution in [-0.4, -0.2) is 39.6 Å². The number of carbonyl (C=O) groups excluding carboxylic acids is 1. The molecule has 1 aromatic carbocycles. The van der Waals surface area contributed by atoms with E-state index in [0.29, 0.717) is 12.0 Å². The highest BCUT2D eigenvalue weighted by atomic mass is 16.4. The molecule has 0 spiro atoms. The maximum atomic E-state index is 12.2. The maximum Gasteiger partial charge on any atom is 0.323 e. The molecule has 0 saturated carbocycles. The minimum Gasteiger partial charge on any atom is -0.508 e. The zero-order valence-corrected chi connectivity index (χ0v) is 11.2. The predicted molar refractivity (Wildman–Crippen MR) is 70.9 cm³/mol. The number of carboxylic acids is 1. The highest BCUT2D eigenvalue weighted by Gasteiger charge is 2.22. The average molecular weight is 265 g/mol. The van der Waals surface area contributed by atoms with Gasteiger partial charge in [-0.15, -0.1) is 0 Å². The molecule has 104 valence electrons. The summed E-state index contributed by atoms with van der Waals surface area (Å²) in [7, 11) is 0. The number of carboxylic acid groups (broad SMARTS) is 1. The fourth-order valence-electron chi connectivity index (χ4n) is 1.78. The molecule has 1 rings (SSSR count). The third-order valence-electron chi connectivity index (χ3n) is 3.08. The smallest absolute Gasteiger partial charge is 0.323 e. The van der Waals surface area contributed by atoms with Crippen molar-refractivity contribution in [1.29, 1.82) is 0 Å². The molecule has 0 radical (unpaired) electrons. The van der Waals surface area contributed by atoms with Crippen LogP contribution in [0.25, 0.3) is 0 Å². The van der Waals surface area contributed by atoms with Gasteiger partial charge in [-0.05, 0) is 19.4 Å². The molecule has 5 nitrogen and oxygen atoms in total. The van der Waals surface area contributed by atoms with Crippen molar-refractivity contribution in [2.75, 3.05) is 6.54 Å². The van der Waals surface area contributed by atoms with E-state index in [0.717, 1.165) is 0 Å². The molecule has 0 saturated heterocycles. The first-order chi connectivity index (χ1) is 8.95. The third-order valence-corrected chi connectivity index (χ3v) is 3.08. The molecule has 1 unspecified atom stereocenters. The van der Waals surface area contributed by atoms with Crippen molar-refractivity contribution in [2.24, 2.45) is 0 Å². The van der Waals surface area contributed by atoms with E-state index in [9.17, 15) is 14.7 Å². The minimum atomic E-state index is -1.04. The van der Waals surface area contributed by atoms with Crippen LogP contribution in [0, 0.1) is 0 Å². The van der Waals surface area contributed by atoms with Gasteiger partial charge in [-0.1, -0.05) is 25.1 Å². The molecule has 19 heavy (non-hydrogen) atoms. The predicted octanol–water partition coefficient (Wildman–Crippen LogP) is 1.65. The molecule has 0 bridgehead atoms. The number of nitrogens with zero attached hydrogens (tertiary/aromatic N) is 1. The van der Waals surface area contributed by atoms with Crippen molar-refractivity contribution in [3.05, 3.63) is 29.8 Å². The maximum absolute atomic E-state index is 12.2. The molecule has 0 fully saturated rings. The van der Waals surface area contributed by atoms with Crippen molar-refractivity contribution in [3.63, 3.8) is 0 Å². The van der Waals surface area contributed by atoms with Crippen LogP contribution in [0.3, 0.4) is 0 Å². The first kappa shape index (κ1) is 15.0. The lowest BCUT2D eigenvalue weighted by Gasteiger charge is -2.27. The number of aromatic hydroxyl groups is 1. The van der Waals surface area contributed by atoms with Gasteiger partial charge in [0.1, 0.15) is 12.3 Å². The molecule has 1 amide bonds. The third kappa shape index (κ3) is 4.28. The van der Waals surface area contributed by atoms with Gasteiger partial charge >= 0.3 is 5.97 Å². The van der Waals surface area contributed by atoms with Crippen LogP contribution >= 0.6 is 0 Å². The van der Waals surface area contributed by atoms with Crippen LogP contribution in [0.5, 0.6) is 5.75 Å². The van der Waals surface area contributed by atoms with Crippen LogP contribution in [0.15, 0.2) is 24.3 Å². The van der Waals surface area contributed by atoms with Gasteiger partial charge in [0.05, 0.1) is 6.42 Å². The van der Waals surface area contributed by atoms with E-state index >= 15 is 0 Å². The highest BCUT2D eigenvalue weighted by Crippen LogP contribution is 2.17. The van der Waals surface area contributed by atoms with E-state index in [2.05, 4.69) is 0 Å². The molecule has 0 aliphatic heterocycles. The van der Waals surface area contributed by atoms with Crippen molar-refractivity contribution in [3.8, 4) is 5.75 Å². The summed E-state index contributed by atoms with van der Waals surface area (Å²) in [5, 5.41) is 18.5. The minimum absolute atomic E-state index is 0.00426. The van der Waals surface area contributed by atoms with E-state index in [4.69, 9.17) is 5.11 Å². The molecule has 1 atom stereocenters. The fourth-order valence-corrected chi connectivity index (χ4v) is 1.78. The molecular formula is C14H19NO4. The number of benzene rings is 1. The van der Waals surface area contributed by atoms with E-state index < -0.39 is 5.97 Å². The number of rotatable bonds is 6. The summed E-state index contributed by atoms with van der Waals surface area (Å²) in [6.07, 6.45) is 0.685. The van der Waals surface area contributed by atoms with Gasteiger partial charge in [-0.3, -0.25) is 9.59 Å². The van der Waals surface area contributed by atoms with Crippen LogP contribution in [0.2, 0.25) is 0 Å². The number of amides is 1. The summed E-state index contributed by atoms with van der Waals surface area (Å²) in [6, 6.07) is 6.42. The lowest BCUT2D eigenvalue weighted by molar-refractivity contribution is -0.145. The molecule has 1 aromatic rings. The molecule has 0 aliphatic rings. The van der Waals surface area contributed by atoms with E-state index in [-0.39, 0.29) is 30.7 Å². The zero-order chi connectivity index (χ0) is 14.4. The number of hydrogen-bond donors (Lipinski definition) is 2. The second-order valence-electron chi connectivity index (χ2n) is 4.48. The highest BCUT2D eigenvalue weighted by molar-refractivity contribution is 5.83. The number of para-hydroxylation sites is 1. The standard InChI is InChI=1S/C14H19NO4/c1-3-10(2)15(9-14(18)19)13(17)8-11-6-4-5-7-12(11)16/h4-7,10,16H,3,8-9H2,1-2H3,(H,18,19).